The minimum absolute atomic E-state index is 0.125. The number of amidine groups is 1. The number of halogens is 2. The van der Waals surface area contributed by atoms with E-state index in [0.29, 0.717) is 16.1 Å². The Hall–Kier alpha value is -2.43. The smallest absolute Gasteiger partial charge is 0.278 e. The third kappa shape index (κ3) is 4.35. The number of carbonyl (C=O) groups is 1. The highest BCUT2D eigenvalue weighted by Crippen LogP contribution is 2.21. The quantitative estimate of drug-likeness (QED) is 0.467. The minimum Gasteiger partial charge on any atom is -0.383 e. The first kappa shape index (κ1) is 17.4. The summed E-state index contributed by atoms with van der Waals surface area (Å²) in [7, 11) is 0. The van der Waals surface area contributed by atoms with E-state index in [-0.39, 0.29) is 5.84 Å². The van der Waals surface area contributed by atoms with Crippen LogP contribution in [0.5, 0.6) is 0 Å². The van der Waals surface area contributed by atoms with Gasteiger partial charge < -0.3 is 5.73 Å². The molecular weight excluding hydrogens is 400 g/mol. The highest BCUT2D eigenvalue weighted by atomic mass is 79.9. The number of rotatable bonds is 3. The number of amides is 1. The number of aliphatic imine (C=N–C) groups is 1. The molecule has 25 heavy (non-hydrogen) atoms. The van der Waals surface area contributed by atoms with Crippen molar-refractivity contribution in [2.24, 2.45) is 10.7 Å². The first-order valence-electron chi connectivity index (χ1n) is 7.53. The fourth-order valence-electron chi connectivity index (χ4n) is 2.38. The number of nitrogens with two attached hydrogens (primary N) is 1. The third-order valence-electron chi connectivity index (χ3n) is 3.62. The topological polar surface area (TPSA) is 55.4 Å². The summed E-state index contributed by atoms with van der Waals surface area (Å²) in [6.45, 7) is 0. The van der Waals surface area contributed by atoms with Gasteiger partial charge in [0.05, 0.1) is 0 Å². The number of hydrogen-bond donors (Lipinski definition) is 1. The van der Waals surface area contributed by atoms with Gasteiger partial charge in [0.25, 0.3) is 5.91 Å². The molecule has 0 aliphatic rings. The maximum Gasteiger partial charge on any atom is 0.278 e. The molecule has 2 N–H and O–H groups in total. The lowest BCUT2D eigenvalue weighted by Gasteiger charge is -2.04. The number of benzene rings is 3. The van der Waals surface area contributed by atoms with Crippen LogP contribution in [0.2, 0.25) is 5.02 Å². The summed E-state index contributed by atoms with van der Waals surface area (Å²) in [5, 5.41) is 0.516. The Bertz CT molecular complexity index is 917. The highest BCUT2D eigenvalue weighted by molar-refractivity contribution is 9.10. The molecule has 0 saturated heterocycles. The summed E-state index contributed by atoms with van der Waals surface area (Å²) < 4.78 is 0.771. The molecule has 0 unspecified atom stereocenters. The molecule has 1 amide bonds. The molecule has 0 spiro atoms. The average molecular weight is 414 g/mol. The van der Waals surface area contributed by atoms with Crippen LogP contribution in [-0.2, 0) is 0 Å². The van der Waals surface area contributed by atoms with Crippen molar-refractivity contribution in [3.63, 3.8) is 0 Å². The summed E-state index contributed by atoms with van der Waals surface area (Å²) in [6, 6.07) is 22.4. The summed E-state index contributed by atoms with van der Waals surface area (Å²) in [6.07, 6.45) is 0. The lowest BCUT2D eigenvalue weighted by atomic mass is 10.0. The van der Waals surface area contributed by atoms with Crippen LogP contribution in [0, 0.1) is 0 Å². The summed E-state index contributed by atoms with van der Waals surface area (Å²) >= 11 is 9.34. The zero-order chi connectivity index (χ0) is 17.8. The second-order valence-electron chi connectivity index (χ2n) is 5.40. The molecule has 3 aromatic rings. The van der Waals surface area contributed by atoms with Gasteiger partial charge in [-0.15, -0.1) is 0 Å². The normalized spacial score (nSPS) is 11.4. The Morgan fingerprint density at radius 2 is 1.52 bits per heavy atom. The van der Waals surface area contributed by atoms with Crippen LogP contribution < -0.4 is 5.73 Å². The van der Waals surface area contributed by atoms with Crippen molar-refractivity contribution in [2.75, 3.05) is 0 Å². The van der Waals surface area contributed by atoms with E-state index in [1.54, 1.807) is 30.3 Å². The number of carbonyl (C=O) groups excluding carboxylic acids is 1. The van der Waals surface area contributed by atoms with Crippen molar-refractivity contribution in [3.8, 4) is 11.1 Å². The van der Waals surface area contributed by atoms with Gasteiger partial charge in [0.1, 0.15) is 5.84 Å². The van der Waals surface area contributed by atoms with Crippen LogP contribution in [0.25, 0.3) is 11.1 Å². The van der Waals surface area contributed by atoms with Crippen molar-refractivity contribution in [1.29, 1.82) is 0 Å². The zero-order valence-electron chi connectivity index (χ0n) is 13.1. The molecule has 0 saturated carbocycles. The Kier molecular flexibility index (Phi) is 5.31. The zero-order valence-corrected chi connectivity index (χ0v) is 15.5. The van der Waals surface area contributed by atoms with Crippen LogP contribution in [0.4, 0.5) is 0 Å². The Balaban J connectivity index is 1.83. The van der Waals surface area contributed by atoms with Gasteiger partial charge in [0.2, 0.25) is 0 Å². The highest BCUT2D eigenvalue weighted by Gasteiger charge is 2.08. The van der Waals surface area contributed by atoms with Crippen molar-refractivity contribution < 1.29 is 4.79 Å². The van der Waals surface area contributed by atoms with Gasteiger partial charge in [0, 0.05) is 20.6 Å². The maximum absolute atomic E-state index is 12.3. The van der Waals surface area contributed by atoms with Gasteiger partial charge in [-0.05, 0) is 41.5 Å². The van der Waals surface area contributed by atoms with Gasteiger partial charge in [-0.3, -0.25) is 4.79 Å². The van der Waals surface area contributed by atoms with Crippen LogP contribution in [0.15, 0.2) is 82.3 Å². The van der Waals surface area contributed by atoms with Gasteiger partial charge in [-0.1, -0.05) is 70.0 Å². The van der Waals surface area contributed by atoms with Crippen LogP contribution in [0.3, 0.4) is 0 Å². The van der Waals surface area contributed by atoms with E-state index >= 15 is 0 Å². The minimum atomic E-state index is -0.395. The van der Waals surface area contributed by atoms with Crippen molar-refractivity contribution >= 4 is 39.3 Å². The van der Waals surface area contributed by atoms with Crippen LogP contribution in [-0.4, -0.2) is 11.7 Å². The molecule has 5 heteroatoms. The molecule has 0 aliphatic heterocycles. The molecular formula is C20H14BrClN2O. The maximum atomic E-state index is 12.3. The van der Waals surface area contributed by atoms with Gasteiger partial charge in [-0.25, -0.2) is 0 Å². The van der Waals surface area contributed by atoms with E-state index in [1.807, 2.05) is 42.5 Å². The predicted molar refractivity (Wildman–Crippen MR) is 106 cm³/mol. The molecule has 3 aromatic carbocycles. The molecule has 0 heterocycles. The van der Waals surface area contributed by atoms with Gasteiger partial charge >= 0.3 is 0 Å². The van der Waals surface area contributed by atoms with Crippen LogP contribution >= 0.6 is 27.5 Å². The Labute approximate surface area is 159 Å². The molecule has 0 radical (unpaired) electrons. The van der Waals surface area contributed by atoms with Crippen molar-refractivity contribution in [1.82, 2.24) is 0 Å². The molecule has 124 valence electrons. The van der Waals surface area contributed by atoms with E-state index < -0.39 is 5.91 Å². The predicted octanol–water partition coefficient (Wildman–Crippen LogP) is 5.32. The molecule has 0 aliphatic carbocycles. The van der Waals surface area contributed by atoms with E-state index in [0.717, 1.165) is 15.6 Å². The molecule has 0 fully saturated rings. The Morgan fingerprint density at radius 1 is 0.880 bits per heavy atom. The summed E-state index contributed by atoms with van der Waals surface area (Å²) in [4.78, 5) is 16.3. The van der Waals surface area contributed by atoms with Crippen molar-refractivity contribution in [2.45, 2.75) is 0 Å². The standard InChI is InChI=1S/C20H14BrClN2O/c21-17-10-16(11-18(22)12-17)19(23)24-20(25)15-8-6-14(7-9-15)13-4-2-1-3-5-13/h1-12H,(H2,23,24,25). The SMILES string of the molecule is NC(=NC(=O)c1ccc(-c2ccccc2)cc1)c1cc(Cl)cc(Br)c1. The van der Waals surface area contributed by atoms with Gasteiger partial charge in [0.15, 0.2) is 0 Å². The second kappa shape index (κ2) is 7.64. The lowest BCUT2D eigenvalue weighted by molar-refractivity contribution is 0.100. The van der Waals surface area contributed by atoms with Crippen LogP contribution in [0.1, 0.15) is 15.9 Å². The molecule has 3 nitrogen and oxygen atoms in total. The van der Waals surface area contributed by atoms with Gasteiger partial charge in [-0.2, -0.15) is 4.99 Å². The van der Waals surface area contributed by atoms with E-state index in [4.69, 9.17) is 17.3 Å². The molecule has 0 atom stereocenters. The first-order valence-corrected chi connectivity index (χ1v) is 8.70. The number of nitrogens with zero attached hydrogens (tertiary/aromatic N) is 1. The molecule has 0 bridgehead atoms. The van der Waals surface area contributed by atoms with E-state index in [2.05, 4.69) is 20.9 Å². The second-order valence-corrected chi connectivity index (χ2v) is 6.76. The van der Waals surface area contributed by atoms with Crippen molar-refractivity contribution in [3.05, 3.63) is 93.4 Å². The largest absolute Gasteiger partial charge is 0.383 e. The third-order valence-corrected chi connectivity index (χ3v) is 4.30. The summed E-state index contributed by atoms with van der Waals surface area (Å²) in [5.41, 5.74) is 9.13. The monoisotopic (exact) mass is 412 g/mol. The average Bonchev–Trinajstić information content (AvgIpc) is 2.61. The Morgan fingerprint density at radius 3 is 2.16 bits per heavy atom. The first-order chi connectivity index (χ1) is 12.0. The van der Waals surface area contributed by atoms with E-state index in [1.165, 1.54) is 0 Å². The molecule has 0 aromatic heterocycles. The van der Waals surface area contributed by atoms with E-state index in [9.17, 15) is 4.79 Å². The lowest BCUT2D eigenvalue weighted by Crippen LogP contribution is -2.16. The fourth-order valence-corrected chi connectivity index (χ4v) is 3.24. The summed E-state index contributed by atoms with van der Waals surface area (Å²) in [5.74, 6) is -0.270. The fraction of sp³-hybridized carbons (Fsp3) is 0. The molecule has 3 rings (SSSR count). The number of hydrogen-bond acceptors (Lipinski definition) is 1.